The number of aliphatic carboxylic acids is 1. The Kier molecular flexibility index (Phi) is 6.46. The van der Waals surface area contributed by atoms with Crippen LogP contribution in [0.5, 0.6) is 0 Å². The summed E-state index contributed by atoms with van der Waals surface area (Å²) in [6.07, 6.45) is 2.37. The maximum atomic E-state index is 12.4. The largest absolute Gasteiger partial charge is 0.481 e. The van der Waals surface area contributed by atoms with Gasteiger partial charge < -0.3 is 14.7 Å². The lowest BCUT2D eigenvalue weighted by Gasteiger charge is -2.27. The molecular formula is C15H27NO4. The van der Waals surface area contributed by atoms with Gasteiger partial charge in [0.1, 0.15) is 6.10 Å². The highest BCUT2D eigenvalue weighted by Crippen LogP contribution is 2.28. The predicted molar refractivity (Wildman–Crippen MR) is 76.4 cm³/mol. The molecule has 5 heteroatoms. The molecule has 0 spiro atoms. The highest BCUT2D eigenvalue weighted by Gasteiger charge is 2.36. The zero-order chi connectivity index (χ0) is 15.3. The second kappa shape index (κ2) is 7.62. The second-order valence-electron chi connectivity index (χ2n) is 6.16. The van der Waals surface area contributed by atoms with E-state index in [-0.39, 0.29) is 18.5 Å². The molecule has 20 heavy (non-hydrogen) atoms. The van der Waals surface area contributed by atoms with E-state index >= 15 is 0 Å². The first-order valence-corrected chi connectivity index (χ1v) is 7.47. The Morgan fingerprint density at radius 2 is 1.85 bits per heavy atom. The third kappa shape index (κ3) is 5.49. The van der Waals surface area contributed by atoms with Gasteiger partial charge in [0.15, 0.2) is 0 Å². The average Bonchev–Trinajstić information content (AvgIpc) is 3.18. The van der Waals surface area contributed by atoms with E-state index in [9.17, 15) is 9.59 Å². The highest BCUT2D eigenvalue weighted by molar-refractivity contribution is 5.82. The van der Waals surface area contributed by atoms with Crippen molar-refractivity contribution in [2.24, 2.45) is 11.8 Å². The number of carbonyl (C=O) groups excluding carboxylic acids is 1. The lowest BCUT2D eigenvalue weighted by Crippen LogP contribution is -2.44. The van der Waals surface area contributed by atoms with Crippen LogP contribution >= 0.6 is 0 Å². The third-order valence-corrected chi connectivity index (χ3v) is 3.57. The van der Waals surface area contributed by atoms with Crippen LogP contribution in [0.2, 0.25) is 0 Å². The molecule has 0 aromatic carbocycles. The lowest BCUT2D eigenvalue weighted by molar-refractivity contribution is -0.147. The van der Waals surface area contributed by atoms with Crippen molar-refractivity contribution in [2.75, 3.05) is 13.2 Å². The minimum Gasteiger partial charge on any atom is -0.481 e. The quantitative estimate of drug-likeness (QED) is 0.705. The normalized spacial score (nSPS) is 17.9. The molecule has 0 saturated heterocycles. The molecule has 0 bridgehead atoms. The summed E-state index contributed by atoms with van der Waals surface area (Å²) in [5, 5.41) is 8.99. The minimum atomic E-state index is -0.864. The molecule has 0 heterocycles. The molecule has 1 aliphatic rings. The molecule has 1 aliphatic carbocycles. The van der Waals surface area contributed by atoms with Crippen LogP contribution in [-0.4, -0.2) is 47.2 Å². The van der Waals surface area contributed by atoms with E-state index in [1.807, 2.05) is 0 Å². The van der Waals surface area contributed by atoms with Gasteiger partial charge >= 0.3 is 5.97 Å². The molecule has 1 fully saturated rings. The molecule has 1 N–H and O–H groups in total. The van der Waals surface area contributed by atoms with Gasteiger partial charge in [-0.3, -0.25) is 9.59 Å². The molecule has 0 radical (unpaired) electrons. The summed E-state index contributed by atoms with van der Waals surface area (Å²) in [7, 11) is 0. The Hall–Kier alpha value is -1.10. The Balaban J connectivity index is 2.49. The first-order valence-electron chi connectivity index (χ1n) is 7.47. The number of nitrogens with zero attached hydrogens (tertiary/aromatic N) is 1. The van der Waals surface area contributed by atoms with Gasteiger partial charge in [-0.15, -0.1) is 0 Å². The summed E-state index contributed by atoms with van der Waals surface area (Å²) in [5.41, 5.74) is 0. The maximum Gasteiger partial charge on any atom is 0.308 e. The topological polar surface area (TPSA) is 66.8 Å². The van der Waals surface area contributed by atoms with Gasteiger partial charge in [-0.05, 0) is 32.1 Å². The SMILES string of the molecule is CC(C)CCOC(C)C(=O)N(CC(C)C(=O)O)C1CC1. The molecule has 116 valence electrons. The number of carboxylic acids is 1. The van der Waals surface area contributed by atoms with Gasteiger partial charge in [0, 0.05) is 19.2 Å². The van der Waals surface area contributed by atoms with Crippen LogP contribution in [0.4, 0.5) is 0 Å². The van der Waals surface area contributed by atoms with E-state index < -0.39 is 18.0 Å². The number of rotatable bonds is 9. The van der Waals surface area contributed by atoms with Crippen molar-refractivity contribution in [2.45, 2.75) is 59.1 Å². The fourth-order valence-electron chi connectivity index (χ4n) is 1.96. The zero-order valence-electron chi connectivity index (χ0n) is 13.0. The molecule has 1 saturated carbocycles. The lowest BCUT2D eigenvalue weighted by atomic mass is 10.1. The molecule has 1 amide bonds. The number of carbonyl (C=O) groups is 2. The Morgan fingerprint density at radius 1 is 1.25 bits per heavy atom. The van der Waals surface area contributed by atoms with E-state index in [0.29, 0.717) is 12.5 Å². The molecule has 0 aromatic rings. The van der Waals surface area contributed by atoms with Crippen LogP contribution in [-0.2, 0) is 14.3 Å². The van der Waals surface area contributed by atoms with E-state index in [4.69, 9.17) is 9.84 Å². The average molecular weight is 285 g/mol. The zero-order valence-corrected chi connectivity index (χ0v) is 13.0. The van der Waals surface area contributed by atoms with E-state index in [0.717, 1.165) is 19.3 Å². The Morgan fingerprint density at radius 3 is 2.30 bits per heavy atom. The summed E-state index contributed by atoms with van der Waals surface area (Å²) < 4.78 is 5.58. The van der Waals surface area contributed by atoms with Crippen molar-refractivity contribution in [3.05, 3.63) is 0 Å². The van der Waals surface area contributed by atoms with Crippen LogP contribution in [0.25, 0.3) is 0 Å². The second-order valence-corrected chi connectivity index (χ2v) is 6.16. The number of hydrogen-bond donors (Lipinski definition) is 1. The summed E-state index contributed by atoms with van der Waals surface area (Å²) in [6.45, 7) is 8.45. The van der Waals surface area contributed by atoms with Gasteiger partial charge in [-0.1, -0.05) is 20.8 Å². The van der Waals surface area contributed by atoms with Gasteiger partial charge in [0.2, 0.25) is 0 Å². The summed E-state index contributed by atoms with van der Waals surface area (Å²) in [5.74, 6) is -0.938. The first kappa shape index (κ1) is 17.0. The summed E-state index contributed by atoms with van der Waals surface area (Å²) in [4.78, 5) is 25.0. The molecule has 2 atom stereocenters. The predicted octanol–water partition coefficient (Wildman–Crippen LogP) is 2.15. The molecular weight excluding hydrogens is 258 g/mol. The van der Waals surface area contributed by atoms with Crippen LogP contribution in [0, 0.1) is 11.8 Å². The van der Waals surface area contributed by atoms with E-state index in [2.05, 4.69) is 13.8 Å². The highest BCUT2D eigenvalue weighted by atomic mass is 16.5. The number of carboxylic acid groups (broad SMARTS) is 1. The maximum absolute atomic E-state index is 12.4. The van der Waals surface area contributed by atoms with Crippen molar-refractivity contribution >= 4 is 11.9 Å². The van der Waals surface area contributed by atoms with Crippen LogP contribution in [0.3, 0.4) is 0 Å². The van der Waals surface area contributed by atoms with Crippen molar-refractivity contribution in [3.8, 4) is 0 Å². The van der Waals surface area contributed by atoms with Gasteiger partial charge in [0.25, 0.3) is 5.91 Å². The van der Waals surface area contributed by atoms with Gasteiger partial charge in [0.05, 0.1) is 5.92 Å². The summed E-state index contributed by atoms with van der Waals surface area (Å²) >= 11 is 0. The molecule has 0 aliphatic heterocycles. The number of amides is 1. The van der Waals surface area contributed by atoms with E-state index in [1.54, 1.807) is 18.7 Å². The molecule has 5 nitrogen and oxygen atoms in total. The monoisotopic (exact) mass is 285 g/mol. The molecule has 0 aromatic heterocycles. The van der Waals surface area contributed by atoms with Crippen LogP contribution < -0.4 is 0 Å². The third-order valence-electron chi connectivity index (χ3n) is 3.57. The molecule has 2 unspecified atom stereocenters. The first-order chi connectivity index (χ1) is 9.32. The Bertz CT molecular complexity index is 339. The van der Waals surface area contributed by atoms with Gasteiger partial charge in [-0.2, -0.15) is 0 Å². The van der Waals surface area contributed by atoms with E-state index in [1.165, 1.54) is 0 Å². The van der Waals surface area contributed by atoms with Crippen molar-refractivity contribution < 1.29 is 19.4 Å². The smallest absolute Gasteiger partial charge is 0.308 e. The summed E-state index contributed by atoms with van der Waals surface area (Å²) in [6, 6.07) is 0.209. The number of hydrogen-bond acceptors (Lipinski definition) is 3. The fourth-order valence-corrected chi connectivity index (χ4v) is 1.96. The fraction of sp³-hybridized carbons (Fsp3) is 0.867. The van der Waals surface area contributed by atoms with Crippen molar-refractivity contribution in [1.82, 2.24) is 4.90 Å². The van der Waals surface area contributed by atoms with Crippen molar-refractivity contribution in [1.29, 1.82) is 0 Å². The number of ether oxygens (including phenoxy) is 1. The van der Waals surface area contributed by atoms with Crippen LogP contribution in [0.15, 0.2) is 0 Å². The standard InChI is InChI=1S/C15H27NO4/c1-10(2)7-8-20-12(4)14(17)16(13-5-6-13)9-11(3)15(18)19/h10-13H,5-9H2,1-4H3,(H,18,19). The van der Waals surface area contributed by atoms with Gasteiger partial charge in [-0.25, -0.2) is 0 Å². The molecule has 1 rings (SSSR count). The minimum absolute atomic E-state index is 0.0793. The Labute approximate surface area is 121 Å². The van der Waals surface area contributed by atoms with Crippen molar-refractivity contribution in [3.63, 3.8) is 0 Å². The van der Waals surface area contributed by atoms with Crippen LogP contribution in [0.1, 0.15) is 47.0 Å².